The molecule has 1 aromatic carbocycles. The van der Waals surface area contributed by atoms with Gasteiger partial charge in [-0.25, -0.2) is 4.68 Å². The molecule has 0 fully saturated rings. The third kappa shape index (κ3) is 7.28. The van der Waals surface area contributed by atoms with Crippen LogP contribution >= 0.6 is 23.2 Å². The molecule has 0 bridgehead atoms. The molecule has 0 atom stereocenters. The molecular weight excluding hydrogens is 401 g/mol. The van der Waals surface area contributed by atoms with Crippen molar-refractivity contribution in [3.05, 3.63) is 57.3 Å². The molecule has 1 aromatic heterocycles. The maximum Gasteiger partial charge on any atom is 0.244 e. The molecule has 2 aromatic rings. The number of nitrogens with one attached hydrogen (secondary N) is 1. The summed E-state index contributed by atoms with van der Waals surface area (Å²) in [4.78, 5) is 12.0. The quantitative estimate of drug-likeness (QED) is 0.439. The van der Waals surface area contributed by atoms with E-state index in [1.807, 2.05) is 31.2 Å². The predicted octanol–water partition coefficient (Wildman–Crippen LogP) is 3.73. The van der Waals surface area contributed by atoms with E-state index in [0.717, 1.165) is 23.2 Å². The van der Waals surface area contributed by atoms with Crippen LogP contribution in [0.15, 0.2) is 30.3 Å². The zero-order valence-corrected chi connectivity index (χ0v) is 17.6. The Morgan fingerprint density at radius 1 is 1.21 bits per heavy atom. The fraction of sp³-hybridized carbons (Fsp3) is 0.400. The fourth-order valence-corrected chi connectivity index (χ4v) is 2.90. The van der Waals surface area contributed by atoms with Crippen LogP contribution < -0.4 is 5.32 Å². The highest BCUT2D eigenvalue weighted by molar-refractivity contribution is 6.31. The summed E-state index contributed by atoms with van der Waals surface area (Å²) in [5.74, 6) is -0.183. The smallest absolute Gasteiger partial charge is 0.244 e. The highest BCUT2D eigenvalue weighted by atomic mass is 35.5. The average molecular weight is 426 g/mol. The summed E-state index contributed by atoms with van der Waals surface area (Å²) in [5, 5.41) is 8.45. The summed E-state index contributed by atoms with van der Waals surface area (Å²) in [6.07, 6.45) is 3.89. The molecule has 0 unspecified atom stereocenters. The van der Waals surface area contributed by atoms with Crippen LogP contribution in [0, 0.1) is 6.92 Å². The average Bonchev–Trinajstić information content (AvgIpc) is 2.94. The van der Waals surface area contributed by atoms with Crippen molar-refractivity contribution < 1.29 is 14.3 Å². The van der Waals surface area contributed by atoms with Gasteiger partial charge in [-0.05, 0) is 37.1 Å². The van der Waals surface area contributed by atoms with Gasteiger partial charge >= 0.3 is 0 Å². The van der Waals surface area contributed by atoms with E-state index in [-0.39, 0.29) is 5.91 Å². The van der Waals surface area contributed by atoms with Crippen molar-refractivity contribution in [1.82, 2.24) is 15.1 Å². The molecule has 1 amide bonds. The van der Waals surface area contributed by atoms with Gasteiger partial charge < -0.3 is 14.8 Å². The Hall–Kier alpha value is -1.86. The Morgan fingerprint density at radius 3 is 2.68 bits per heavy atom. The van der Waals surface area contributed by atoms with Gasteiger partial charge in [0.1, 0.15) is 5.15 Å². The lowest BCUT2D eigenvalue weighted by molar-refractivity contribution is -0.116. The number of aromatic nitrogens is 2. The largest absolute Gasteiger partial charge is 0.382 e. The predicted molar refractivity (Wildman–Crippen MR) is 112 cm³/mol. The lowest BCUT2D eigenvalue weighted by Gasteiger charge is -2.04. The maximum absolute atomic E-state index is 12.0. The van der Waals surface area contributed by atoms with Crippen LogP contribution in [0.1, 0.15) is 23.2 Å². The second-order valence-corrected chi connectivity index (χ2v) is 6.95. The Bertz CT molecular complexity index is 789. The molecule has 2 rings (SSSR count). The summed E-state index contributed by atoms with van der Waals surface area (Å²) in [5.41, 5.74) is 2.53. The number of hydrogen-bond acceptors (Lipinski definition) is 4. The molecular formula is C20H25Cl2N3O3. The van der Waals surface area contributed by atoms with Crippen LogP contribution in [0.4, 0.5) is 0 Å². The normalized spacial score (nSPS) is 11.3. The molecule has 1 heterocycles. The number of carbonyl (C=O) groups excluding carboxylic acids is 1. The Kier molecular flexibility index (Phi) is 9.50. The summed E-state index contributed by atoms with van der Waals surface area (Å²) in [7, 11) is 1.63. The number of rotatable bonds is 11. The minimum atomic E-state index is -0.183. The van der Waals surface area contributed by atoms with Crippen molar-refractivity contribution in [1.29, 1.82) is 0 Å². The zero-order chi connectivity index (χ0) is 20.4. The molecule has 0 aliphatic heterocycles. The molecule has 1 N–H and O–H groups in total. The second-order valence-electron chi connectivity index (χ2n) is 6.16. The molecule has 8 heteroatoms. The first-order chi connectivity index (χ1) is 13.5. The Morgan fingerprint density at radius 2 is 1.96 bits per heavy atom. The van der Waals surface area contributed by atoms with Crippen molar-refractivity contribution in [2.24, 2.45) is 0 Å². The van der Waals surface area contributed by atoms with Crippen molar-refractivity contribution in [3.63, 3.8) is 0 Å². The zero-order valence-electron chi connectivity index (χ0n) is 16.1. The van der Waals surface area contributed by atoms with Crippen molar-refractivity contribution in [2.75, 3.05) is 33.5 Å². The number of halogens is 2. The highest BCUT2D eigenvalue weighted by Gasteiger charge is 2.12. The molecule has 28 heavy (non-hydrogen) atoms. The van der Waals surface area contributed by atoms with E-state index >= 15 is 0 Å². The van der Waals surface area contributed by atoms with Crippen LogP contribution in [0.25, 0.3) is 6.08 Å². The Labute approximate surface area is 175 Å². The van der Waals surface area contributed by atoms with Gasteiger partial charge in [-0.1, -0.05) is 35.3 Å². The second kappa shape index (κ2) is 11.9. The van der Waals surface area contributed by atoms with Crippen LogP contribution in [-0.2, 0) is 20.8 Å². The molecule has 0 saturated carbocycles. The molecule has 0 saturated heterocycles. The van der Waals surface area contributed by atoms with Gasteiger partial charge in [-0.2, -0.15) is 5.10 Å². The fourth-order valence-electron chi connectivity index (χ4n) is 2.47. The van der Waals surface area contributed by atoms with Gasteiger partial charge in [0.15, 0.2) is 0 Å². The number of nitrogens with zero attached hydrogens (tertiary/aromatic N) is 2. The SMILES string of the molecule is COCCOCCCNC(=O)/C=C/c1c(C)nn(Cc2ccc(Cl)cc2)c1Cl. The first-order valence-electron chi connectivity index (χ1n) is 9.01. The van der Waals surface area contributed by atoms with E-state index in [4.69, 9.17) is 32.7 Å². The van der Waals surface area contributed by atoms with Crippen molar-refractivity contribution in [2.45, 2.75) is 19.9 Å². The van der Waals surface area contributed by atoms with Gasteiger partial charge in [0.25, 0.3) is 0 Å². The Balaban J connectivity index is 1.85. The summed E-state index contributed by atoms with van der Waals surface area (Å²) < 4.78 is 11.9. The van der Waals surface area contributed by atoms with Crippen molar-refractivity contribution >= 4 is 35.2 Å². The monoisotopic (exact) mass is 425 g/mol. The standard InChI is InChI=1S/C20H25Cl2N3O3/c1-15-18(8-9-19(26)23-10-3-11-28-13-12-27-2)20(22)25(24-15)14-16-4-6-17(21)7-5-16/h4-9H,3,10-14H2,1-2H3,(H,23,26)/b9-8+. The minimum Gasteiger partial charge on any atom is -0.382 e. The molecule has 6 nitrogen and oxygen atoms in total. The topological polar surface area (TPSA) is 65.4 Å². The van der Waals surface area contributed by atoms with E-state index in [9.17, 15) is 4.79 Å². The summed E-state index contributed by atoms with van der Waals surface area (Å²) in [6.45, 7) is 4.64. The van der Waals surface area contributed by atoms with Crippen LogP contribution in [-0.4, -0.2) is 49.2 Å². The van der Waals surface area contributed by atoms with E-state index in [2.05, 4.69) is 10.4 Å². The van der Waals surface area contributed by atoms with Gasteiger partial charge in [0.2, 0.25) is 5.91 Å². The van der Waals surface area contributed by atoms with Crippen LogP contribution in [0.5, 0.6) is 0 Å². The van der Waals surface area contributed by atoms with E-state index < -0.39 is 0 Å². The van der Waals surface area contributed by atoms with Gasteiger partial charge in [0.05, 0.1) is 25.5 Å². The molecule has 152 valence electrons. The highest BCUT2D eigenvalue weighted by Crippen LogP contribution is 2.22. The number of benzene rings is 1. The van der Waals surface area contributed by atoms with Crippen LogP contribution in [0.3, 0.4) is 0 Å². The summed E-state index contributed by atoms with van der Waals surface area (Å²) in [6, 6.07) is 7.51. The number of ether oxygens (including phenoxy) is 2. The first-order valence-corrected chi connectivity index (χ1v) is 9.76. The number of methoxy groups -OCH3 is 1. The number of aryl methyl sites for hydroxylation is 1. The van der Waals surface area contributed by atoms with Gasteiger partial charge in [0, 0.05) is 36.9 Å². The minimum absolute atomic E-state index is 0.183. The van der Waals surface area contributed by atoms with Gasteiger partial charge in [-0.3, -0.25) is 4.79 Å². The third-order valence-electron chi connectivity index (χ3n) is 3.95. The number of amides is 1. The molecule has 0 spiro atoms. The lowest BCUT2D eigenvalue weighted by Crippen LogP contribution is -2.23. The first kappa shape index (κ1) is 22.4. The lowest BCUT2D eigenvalue weighted by atomic mass is 10.2. The van der Waals surface area contributed by atoms with Gasteiger partial charge in [-0.15, -0.1) is 0 Å². The number of hydrogen-bond donors (Lipinski definition) is 1. The van der Waals surface area contributed by atoms with Crippen LogP contribution in [0.2, 0.25) is 10.2 Å². The van der Waals surface area contributed by atoms with E-state index in [0.29, 0.717) is 43.1 Å². The molecule has 0 radical (unpaired) electrons. The molecule has 0 aliphatic rings. The summed E-state index contributed by atoms with van der Waals surface area (Å²) >= 11 is 12.4. The molecule has 0 aliphatic carbocycles. The van der Waals surface area contributed by atoms with E-state index in [1.165, 1.54) is 6.08 Å². The maximum atomic E-state index is 12.0. The van der Waals surface area contributed by atoms with Crippen molar-refractivity contribution in [3.8, 4) is 0 Å². The third-order valence-corrected chi connectivity index (χ3v) is 4.60. The van der Waals surface area contributed by atoms with E-state index in [1.54, 1.807) is 17.9 Å². The number of carbonyl (C=O) groups is 1.